The van der Waals surface area contributed by atoms with Crippen molar-refractivity contribution >= 4 is 34.6 Å². The predicted molar refractivity (Wildman–Crippen MR) is 160 cm³/mol. The lowest BCUT2D eigenvalue weighted by molar-refractivity contribution is -0.385. The number of carbonyl (C=O) groups excluding carboxylic acids is 2. The number of benzene rings is 4. The Kier molecular flexibility index (Phi) is 9.68. The lowest BCUT2D eigenvalue weighted by Gasteiger charge is -2.13. The Hall–Kier alpha value is -6.44. The number of ether oxygens (including phenoxy) is 2. The molecule has 0 spiro atoms. The fraction of sp³-hybridized carbons (Fsp3) is 0.0667. The minimum Gasteiger partial charge on any atom is -0.497 e. The molecule has 44 heavy (non-hydrogen) atoms. The first-order chi connectivity index (χ1) is 21.2. The van der Waals surface area contributed by atoms with Crippen molar-refractivity contribution in [3.63, 3.8) is 0 Å². The number of hydrazone groups is 2. The van der Waals surface area contributed by atoms with Gasteiger partial charge in [-0.2, -0.15) is 10.2 Å². The highest BCUT2D eigenvalue weighted by atomic mass is 16.6. The molecule has 0 atom stereocenters. The van der Waals surface area contributed by atoms with Crippen LogP contribution in [-0.2, 0) is 0 Å². The molecule has 0 unspecified atom stereocenters. The number of rotatable bonds is 11. The van der Waals surface area contributed by atoms with Gasteiger partial charge in [0.15, 0.2) is 0 Å². The predicted octanol–water partition coefficient (Wildman–Crippen LogP) is 4.49. The highest BCUT2D eigenvalue weighted by Crippen LogP contribution is 2.18. The molecule has 0 aliphatic rings. The fourth-order valence-electron chi connectivity index (χ4n) is 3.82. The zero-order valence-corrected chi connectivity index (χ0v) is 23.3. The second-order valence-electron chi connectivity index (χ2n) is 8.87. The molecule has 2 amide bonds. The minimum atomic E-state index is -0.657. The molecular formula is C30H24N6O8. The second kappa shape index (κ2) is 14.0. The molecule has 0 aliphatic carbocycles. The molecule has 0 saturated carbocycles. The summed E-state index contributed by atoms with van der Waals surface area (Å²) in [5, 5.41) is 30.7. The molecule has 14 nitrogen and oxygen atoms in total. The van der Waals surface area contributed by atoms with Crippen LogP contribution in [0.3, 0.4) is 0 Å². The Morgan fingerprint density at radius 3 is 1.11 bits per heavy atom. The molecule has 4 aromatic rings. The number of nitrogens with zero attached hydrogens (tertiary/aromatic N) is 4. The number of nitrogens with one attached hydrogen (secondary N) is 2. The van der Waals surface area contributed by atoms with Gasteiger partial charge < -0.3 is 9.47 Å². The summed E-state index contributed by atoms with van der Waals surface area (Å²) in [5.41, 5.74) is 6.00. The van der Waals surface area contributed by atoms with Crippen LogP contribution in [0.5, 0.6) is 11.5 Å². The summed E-state index contributed by atoms with van der Waals surface area (Å²) >= 11 is 0. The van der Waals surface area contributed by atoms with E-state index in [0.717, 1.165) is 0 Å². The monoisotopic (exact) mass is 596 g/mol. The van der Waals surface area contributed by atoms with Crippen molar-refractivity contribution in [3.8, 4) is 11.5 Å². The van der Waals surface area contributed by atoms with Gasteiger partial charge in [-0.25, -0.2) is 10.9 Å². The Labute approximate surface area is 249 Å². The van der Waals surface area contributed by atoms with Crippen LogP contribution in [-0.4, -0.2) is 47.3 Å². The van der Waals surface area contributed by atoms with Crippen molar-refractivity contribution in [3.05, 3.63) is 140 Å². The molecule has 0 bridgehead atoms. The standard InChI is InChI=1S/C30H24N6O8/c1-43-25-15-7-19(8-16-25)27(31-33-29(37)21-3-11-23(12-4-21)35(39)40)28(20-9-17-26(44-2)18-10-20)32-34-30(38)22-5-13-24(14-6-22)36(41)42/h3-18H,1-2H3,(H,33,37)(H,34,38)/b31-27+,32-28+. The normalized spacial score (nSPS) is 11.3. The SMILES string of the molecule is COc1ccc(C(=N\NC(=O)c2ccc([N+](=O)[O-])cc2)/C(=N/NC(=O)c2ccc([N+](=O)[O-])cc2)c2ccc(OC)cc2)cc1. The van der Waals surface area contributed by atoms with Gasteiger partial charge in [-0.1, -0.05) is 0 Å². The quantitative estimate of drug-likeness (QED) is 0.144. The van der Waals surface area contributed by atoms with E-state index >= 15 is 0 Å². The van der Waals surface area contributed by atoms with Gasteiger partial charge in [0.25, 0.3) is 23.2 Å². The van der Waals surface area contributed by atoms with Crippen molar-refractivity contribution in [1.29, 1.82) is 0 Å². The first-order valence-corrected chi connectivity index (χ1v) is 12.7. The number of non-ortho nitro benzene ring substituents is 2. The van der Waals surface area contributed by atoms with Gasteiger partial charge in [0.1, 0.15) is 22.9 Å². The molecule has 14 heteroatoms. The number of amides is 2. The van der Waals surface area contributed by atoms with Gasteiger partial charge in [0, 0.05) is 46.5 Å². The molecule has 0 fully saturated rings. The molecule has 4 aromatic carbocycles. The zero-order valence-electron chi connectivity index (χ0n) is 23.3. The summed E-state index contributed by atoms with van der Waals surface area (Å²) in [4.78, 5) is 46.7. The van der Waals surface area contributed by atoms with E-state index in [9.17, 15) is 29.8 Å². The van der Waals surface area contributed by atoms with E-state index in [1.165, 1.54) is 62.8 Å². The summed E-state index contributed by atoms with van der Waals surface area (Å²) < 4.78 is 10.5. The van der Waals surface area contributed by atoms with E-state index < -0.39 is 21.7 Å². The average Bonchev–Trinajstić information content (AvgIpc) is 3.06. The van der Waals surface area contributed by atoms with Crippen LogP contribution in [0.1, 0.15) is 31.8 Å². The van der Waals surface area contributed by atoms with Crippen molar-refractivity contribution in [2.45, 2.75) is 0 Å². The third-order valence-corrected chi connectivity index (χ3v) is 6.17. The van der Waals surface area contributed by atoms with Crippen molar-refractivity contribution in [2.75, 3.05) is 14.2 Å². The van der Waals surface area contributed by atoms with Crippen LogP contribution in [0.15, 0.2) is 107 Å². The first kappa shape index (κ1) is 30.5. The van der Waals surface area contributed by atoms with E-state index in [0.29, 0.717) is 22.6 Å². The van der Waals surface area contributed by atoms with Crippen molar-refractivity contribution in [2.24, 2.45) is 10.2 Å². The number of nitro benzene ring substituents is 2. The molecule has 222 valence electrons. The molecule has 0 aliphatic heterocycles. The fourth-order valence-corrected chi connectivity index (χ4v) is 3.82. The van der Waals surface area contributed by atoms with Gasteiger partial charge in [-0.3, -0.25) is 29.8 Å². The van der Waals surface area contributed by atoms with E-state index in [-0.39, 0.29) is 33.9 Å². The number of methoxy groups -OCH3 is 2. The van der Waals surface area contributed by atoms with Gasteiger partial charge >= 0.3 is 0 Å². The van der Waals surface area contributed by atoms with Crippen LogP contribution < -0.4 is 20.3 Å². The molecule has 0 heterocycles. The third kappa shape index (κ3) is 7.44. The Morgan fingerprint density at radius 1 is 0.545 bits per heavy atom. The Bertz CT molecular complexity index is 1600. The molecule has 2 N–H and O–H groups in total. The molecular weight excluding hydrogens is 572 g/mol. The number of hydrogen-bond acceptors (Lipinski definition) is 10. The maximum atomic E-state index is 12.9. The van der Waals surface area contributed by atoms with Gasteiger partial charge in [0.2, 0.25) is 0 Å². The van der Waals surface area contributed by atoms with Crippen LogP contribution >= 0.6 is 0 Å². The Balaban J connectivity index is 1.76. The van der Waals surface area contributed by atoms with E-state index in [4.69, 9.17) is 9.47 Å². The van der Waals surface area contributed by atoms with E-state index in [1.54, 1.807) is 48.5 Å². The second-order valence-corrected chi connectivity index (χ2v) is 8.87. The maximum Gasteiger partial charge on any atom is 0.271 e. The average molecular weight is 597 g/mol. The summed E-state index contributed by atoms with van der Waals surface area (Å²) in [6.07, 6.45) is 0. The molecule has 0 saturated heterocycles. The molecule has 0 aromatic heterocycles. The Morgan fingerprint density at radius 2 is 0.841 bits per heavy atom. The van der Waals surface area contributed by atoms with Crippen LogP contribution in [0, 0.1) is 20.2 Å². The van der Waals surface area contributed by atoms with Crippen LogP contribution in [0.25, 0.3) is 0 Å². The van der Waals surface area contributed by atoms with Gasteiger partial charge in [0.05, 0.1) is 24.1 Å². The highest BCUT2D eigenvalue weighted by Gasteiger charge is 2.19. The smallest absolute Gasteiger partial charge is 0.271 e. The number of carbonyl (C=O) groups is 2. The number of nitro groups is 2. The van der Waals surface area contributed by atoms with Crippen LogP contribution in [0.2, 0.25) is 0 Å². The van der Waals surface area contributed by atoms with Crippen molar-refractivity contribution < 1.29 is 28.9 Å². The molecule has 4 rings (SSSR count). The van der Waals surface area contributed by atoms with Crippen LogP contribution in [0.4, 0.5) is 11.4 Å². The highest BCUT2D eigenvalue weighted by molar-refractivity contribution is 6.53. The summed E-state index contributed by atoms with van der Waals surface area (Å²) in [6, 6.07) is 23.3. The summed E-state index contributed by atoms with van der Waals surface area (Å²) in [7, 11) is 3.01. The lowest BCUT2D eigenvalue weighted by atomic mass is 9.99. The summed E-state index contributed by atoms with van der Waals surface area (Å²) in [6.45, 7) is 0. The lowest BCUT2D eigenvalue weighted by Crippen LogP contribution is -2.28. The topological polar surface area (TPSA) is 188 Å². The van der Waals surface area contributed by atoms with Gasteiger partial charge in [-0.15, -0.1) is 0 Å². The van der Waals surface area contributed by atoms with Crippen molar-refractivity contribution in [1.82, 2.24) is 10.9 Å². The first-order valence-electron chi connectivity index (χ1n) is 12.7. The van der Waals surface area contributed by atoms with E-state index in [2.05, 4.69) is 21.1 Å². The summed E-state index contributed by atoms with van der Waals surface area (Å²) in [5.74, 6) is -0.209. The molecule has 0 radical (unpaired) electrons. The largest absolute Gasteiger partial charge is 0.497 e. The van der Waals surface area contributed by atoms with E-state index in [1.807, 2.05) is 0 Å². The third-order valence-electron chi connectivity index (χ3n) is 6.17. The zero-order chi connectivity index (χ0) is 31.6. The maximum absolute atomic E-state index is 12.9. The van der Waals surface area contributed by atoms with Gasteiger partial charge in [-0.05, 0) is 72.8 Å². The number of hydrogen-bond donors (Lipinski definition) is 2. The minimum absolute atomic E-state index is 0.114.